The minimum atomic E-state index is -0.100. The number of nitrogens with one attached hydrogen (secondary N) is 1. The molecule has 0 radical (unpaired) electrons. The van der Waals surface area contributed by atoms with Crippen LogP contribution >= 0.6 is 11.6 Å². The van der Waals surface area contributed by atoms with E-state index in [0.717, 1.165) is 71.5 Å². The number of nitriles is 1. The van der Waals surface area contributed by atoms with E-state index in [1.54, 1.807) is 10.7 Å². The van der Waals surface area contributed by atoms with Crippen LogP contribution in [0.2, 0.25) is 0 Å². The van der Waals surface area contributed by atoms with Crippen molar-refractivity contribution < 1.29 is 9.37 Å². The van der Waals surface area contributed by atoms with Crippen molar-refractivity contribution in [3.05, 3.63) is 81.9 Å². The van der Waals surface area contributed by atoms with Crippen molar-refractivity contribution in [2.24, 2.45) is 4.99 Å². The van der Waals surface area contributed by atoms with Gasteiger partial charge in [-0.2, -0.15) is 5.26 Å². The Morgan fingerprint density at radius 3 is 2.67 bits per heavy atom. The third kappa shape index (κ3) is 10.0. The molecule has 0 atom stereocenters. The number of carbonyl (C=O) groups excluding carboxylic acids is 1. The number of hydrogen-bond acceptors (Lipinski definition) is 6. The molecular formula is C32H44ClN6O+. The van der Waals surface area contributed by atoms with Crippen molar-refractivity contribution >= 4 is 29.9 Å². The van der Waals surface area contributed by atoms with Crippen molar-refractivity contribution in [1.82, 2.24) is 15.1 Å². The van der Waals surface area contributed by atoms with E-state index < -0.39 is 0 Å². The highest BCUT2D eigenvalue weighted by Gasteiger charge is 2.25. The zero-order valence-electron chi connectivity index (χ0n) is 24.7. The van der Waals surface area contributed by atoms with Crippen LogP contribution in [0.1, 0.15) is 47.0 Å². The molecule has 0 saturated carbocycles. The maximum Gasteiger partial charge on any atom is 0.417 e. The summed E-state index contributed by atoms with van der Waals surface area (Å²) in [4.78, 5) is 22.1. The summed E-state index contributed by atoms with van der Waals surface area (Å²) >= 11 is 6.14. The Bertz CT molecular complexity index is 1220. The number of nitrogens with zero attached hydrogens (tertiary/aromatic N) is 5. The van der Waals surface area contributed by atoms with Crippen LogP contribution in [0.15, 0.2) is 86.9 Å². The summed E-state index contributed by atoms with van der Waals surface area (Å²) in [5.74, 6) is -0.100. The highest BCUT2D eigenvalue weighted by molar-refractivity contribution is 6.29. The molecule has 2 heterocycles. The Kier molecular flexibility index (Phi) is 14.3. The number of amides is 1. The molecule has 1 N–H and O–H groups in total. The maximum absolute atomic E-state index is 13.5. The number of piperazine rings is 1. The van der Waals surface area contributed by atoms with Gasteiger partial charge < -0.3 is 10.2 Å². The molecule has 1 fully saturated rings. The second-order valence-electron chi connectivity index (χ2n) is 9.82. The van der Waals surface area contributed by atoms with Gasteiger partial charge in [-0.05, 0) is 64.3 Å². The number of rotatable bonds is 13. The summed E-state index contributed by atoms with van der Waals surface area (Å²) < 4.78 is 1.72. The average Bonchev–Trinajstić information content (AvgIpc) is 2.96. The first-order chi connectivity index (χ1) is 19.2. The second kappa shape index (κ2) is 17.4. The third-order valence-corrected chi connectivity index (χ3v) is 7.37. The van der Waals surface area contributed by atoms with Gasteiger partial charge in [0.05, 0.1) is 18.7 Å². The number of aliphatic imine (C=N–C) groups is 1. The van der Waals surface area contributed by atoms with Crippen LogP contribution in [0.25, 0.3) is 0 Å². The van der Waals surface area contributed by atoms with Crippen molar-refractivity contribution in [3.63, 3.8) is 0 Å². The van der Waals surface area contributed by atoms with Crippen molar-refractivity contribution in [3.8, 4) is 6.07 Å². The molecule has 8 heteroatoms. The van der Waals surface area contributed by atoms with E-state index in [1.165, 1.54) is 0 Å². The fourth-order valence-electron chi connectivity index (χ4n) is 4.50. The summed E-state index contributed by atoms with van der Waals surface area (Å²) in [7, 11) is 1.91. The van der Waals surface area contributed by atoms with Crippen LogP contribution in [0.3, 0.4) is 0 Å². The van der Waals surface area contributed by atoms with Crippen molar-refractivity contribution in [2.75, 3.05) is 46.3 Å². The summed E-state index contributed by atoms with van der Waals surface area (Å²) in [5.41, 5.74) is 5.65. The zero-order chi connectivity index (χ0) is 29.5. The zero-order valence-corrected chi connectivity index (χ0v) is 25.5. The van der Waals surface area contributed by atoms with Gasteiger partial charge in [0.15, 0.2) is 11.9 Å². The van der Waals surface area contributed by atoms with Crippen molar-refractivity contribution in [1.29, 1.82) is 5.26 Å². The van der Waals surface area contributed by atoms with Gasteiger partial charge in [-0.25, -0.2) is 4.79 Å². The fourth-order valence-corrected chi connectivity index (χ4v) is 4.57. The number of allylic oxidation sites excluding steroid dienone is 12. The van der Waals surface area contributed by atoms with E-state index in [4.69, 9.17) is 16.9 Å². The van der Waals surface area contributed by atoms with Gasteiger partial charge in [-0.15, -0.1) is 4.58 Å². The highest BCUT2D eigenvalue weighted by atomic mass is 35.5. The third-order valence-electron chi connectivity index (χ3n) is 6.97. The van der Waals surface area contributed by atoms with Crippen LogP contribution in [0.5, 0.6) is 0 Å². The topological polar surface area (TPSA) is 74.7 Å². The molecule has 2 aliphatic heterocycles. The van der Waals surface area contributed by atoms with Gasteiger partial charge in [0, 0.05) is 73.6 Å². The van der Waals surface area contributed by atoms with Crippen LogP contribution in [-0.4, -0.2) is 79.0 Å². The first-order valence-corrected chi connectivity index (χ1v) is 14.3. The molecule has 1 amide bonds. The molecule has 0 aliphatic carbocycles. The number of carbonyl (C=O) groups is 1. The lowest BCUT2D eigenvalue weighted by Gasteiger charge is -2.30. The van der Waals surface area contributed by atoms with Crippen molar-refractivity contribution in [2.45, 2.75) is 47.0 Å². The van der Waals surface area contributed by atoms with Gasteiger partial charge >= 0.3 is 5.91 Å². The summed E-state index contributed by atoms with van der Waals surface area (Å²) in [6, 6.07) is 2.18. The van der Waals surface area contributed by atoms with Crippen LogP contribution in [0, 0.1) is 11.3 Å². The maximum atomic E-state index is 13.5. The molecule has 2 aliphatic rings. The van der Waals surface area contributed by atoms with E-state index in [2.05, 4.69) is 41.0 Å². The lowest BCUT2D eigenvalue weighted by atomic mass is 9.93. The van der Waals surface area contributed by atoms with Gasteiger partial charge in [0.25, 0.3) is 0 Å². The molecule has 40 heavy (non-hydrogen) atoms. The molecule has 7 nitrogen and oxygen atoms in total. The van der Waals surface area contributed by atoms with E-state index in [0.29, 0.717) is 25.9 Å². The minimum Gasteiger partial charge on any atom is -0.372 e. The van der Waals surface area contributed by atoms with Gasteiger partial charge in [0.2, 0.25) is 0 Å². The first-order valence-electron chi connectivity index (χ1n) is 13.9. The average molecular weight is 564 g/mol. The number of halogens is 1. The summed E-state index contributed by atoms with van der Waals surface area (Å²) in [6.45, 7) is 16.6. The monoisotopic (exact) mass is 563 g/mol. The smallest absolute Gasteiger partial charge is 0.372 e. The fraction of sp³-hybridized carbons (Fsp3) is 0.438. The normalized spacial score (nSPS) is 19.1. The first kappa shape index (κ1) is 32.9. The quantitative estimate of drug-likeness (QED) is 0.139. The predicted molar refractivity (Wildman–Crippen MR) is 167 cm³/mol. The Balaban J connectivity index is 2.41. The Labute approximate surface area is 245 Å². The molecular weight excluding hydrogens is 520 g/mol. The van der Waals surface area contributed by atoms with Gasteiger partial charge in [-0.3, -0.25) is 9.89 Å². The lowest BCUT2D eigenvalue weighted by Crippen LogP contribution is -2.42. The molecule has 0 aromatic rings. The van der Waals surface area contributed by atoms with Crippen LogP contribution < -0.4 is 5.32 Å². The van der Waals surface area contributed by atoms with E-state index in [9.17, 15) is 4.79 Å². The predicted octanol–water partition coefficient (Wildman–Crippen LogP) is 5.47. The summed E-state index contributed by atoms with van der Waals surface area (Å²) in [5, 5.41) is 13.2. The molecule has 0 unspecified atom stereocenters. The highest BCUT2D eigenvalue weighted by Crippen LogP contribution is 2.28. The lowest BCUT2D eigenvalue weighted by molar-refractivity contribution is -0.378. The van der Waals surface area contributed by atoms with E-state index in [-0.39, 0.29) is 5.91 Å². The Morgan fingerprint density at radius 2 is 2.08 bits per heavy atom. The molecule has 0 spiro atoms. The second-order valence-corrected chi connectivity index (χ2v) is 10.3. The molecule has 1 saturated heterocycles. The van der Waals surface area contributed by atoms with Gasteiger partial charge in [-0.1, -0.05) is 36.8 Å². The van der Waals surface area contributed by atoms with E-state index in [1.807, 2.05) is 69.3 Å². The largest absolute Gasteiger partial charge is 0.417 e. The molecule has 2 rings (SSSR count). The SMILES string of the molecule is C=N/C(C)=C(\C=C(/C)N1CCNCC1)C(=C\C)/C1=CC(=O)/[N+](=C(\C/C=C\C=C(\Cl)CC)CCN(C)CC#N)C=C1. The number of hydrogen-bond donors (Lipinski definition) is 1. The van der Waals surface area contributed by atoms with Crippen LogP contribution in [0.4, 0.5) is 0 Å². The molecule has 0 bridgehead atoms. The molecule has 0 aromatic heterocycles. The molecule has 0 aromatic carbocycles. The van der Waals surface area contributed by atoms with Gasteiger partial charge in [0.1, 0.15) is 0 Å². The van der Waals surface area contributed by atoms with Crippen LogP contribution in [-0.2, 0) is 4.79 Å². The molecule has 214 valence electrons. The standard InChI is InChI=1S/C32H44ClN6O/c1-7-28(33)11-9-10-12-29(14-18-37(6)20-15-34)39-19-13-27(24-32(39)40)30(8-2)31(26(4)35-5)23-25(3)38-21-16-36-17-22-38/h8-11,13,19,23-24,36H,5,7,12,14,16-18,20-22H2,1-4,6H3/q+1/b10-9-,25-23+,28-11+,30-8-,31-26+,39-29+. The minimum absolute atomic E-state index is 0.100. The van der Waals surface area contributed by atoms with E-state index >= 15 is 0 Å². The summed E-state index contributed by atoms with van der Waals surface area (Å²) in [6.07, 6.45) is 17.5. The Morgan fingerprint density at radius 1 is 1.35 bits per heavy atom. The Hall–Kier alpha value is -3.31.